The van der Waals surface area contributed by atoms with E-state index in [1.165, 1.54) is 37.8 Å². The highest BCUT2D eigenvalue weighted by Crippen LogP contribution is 2.22. The van der Waals surface area contributed by atoms with E-state index in [0.717, 1.165) is 17.9 Å². The summed E-state index contributed by atoms with van der Waals surface area (Å²) in [7, 11) is 1.98. The van der Waals surface area contributed by atoms with Gasteiger partial charge in [-0.1, -0.05) is 22.4 Å². The van der Waals surface area contributed by atoms with E-state index in [1.807, 2.05) is 17.9 Å². The molecule has 0 radical (unpaired) electrons. The number of nitrogens with zero attached hydrogens (tertiary/aromatic N) is 3. The molecule has 1 aromatic heterocycles. The van der Waals surface area contributed by atoms with Gasteiger partial charge in [-0.25, -0.2) is 0 Å². The first-order chi connectivity index (χ1) is 7.79. The molecule has 1 aliphatic rings. The summed E-state index contributed by atoms with van der Waals surface area (Å²) in [5.41, 5.74) is 1.34. The second-order valence-electron chi connectivity index (χ2n) is 4.62. The lowest BCUT2D eigenvalue weighted by Gasteiger charge is -2.35. The molecule has 0 aromatic carbocycles. The summed E-state index contributed by atoms with van der Waals surface area (Å²) in [6.07, 6.45) is 9.46. The zero-order valence-electron chi connectivity index (χ0n) is 9.90. The van der Waals surface area contributed by atoms with E-state index in [0.29, 0.717) is 0 Å². The Hall–Kier alpha value is -0.350. The Balaban J connectivity index is 1.95. The molecule has 3 nitrogen and oxygen atoms in total. The van der Waals surface area contributed by atoms with Crippen LogP contribution in [0.4, 0.5) is 0 Å². The number of likely N-dealkylation sites (tertiary alicyclic amines) is 1. The van der Waals surface area contributed by atoms with Crippen molar-refractivity contribution in [3.63, 3.8) is 0 Å². The molecule has 1 aliphatic heterocycles. The van der Waals surface area contributed by atoms with Crippen LogP contribution >= 0.6 is 15.9 Å². The quantitative estimate of drug-likeness (QED) is 0.793. The fraction of sp³-hybridized carbons (Fsp3) is 0.750. The van der Waals surface area contributed by atoms with E-state index in [1.54, 1.807) is 0 Å². The Labute approximate surface area is 106 Å². The Morgan fingerprint density at radius 3 is 3.06 bits per heavy atom. The number of hydrogen-bond acceptors (Lipinski definition) is 2. The van der Waals surface area contributed by atoms with Crippen LogP contribution in [-0.2, 0) is 13.6 Å². The fourth-order valence-electron chi connectivity index (χ4n) is 2.51. The van der Waals surface area contributed by atoms with Gasteiger partial charge in [0.15, 0.2) is 0 Å². The average Bonchev–Trinajstić information content (AvgIpc) is 2.67. The highest BCUT2D eigenvalue weighted by Gasteiger charge is 2.21. The van der Waals surface area contributed by atoms with Crippen molar-refractivity contribution in [2.45, 2.75) is 38.3 Å². The van der Waals surface area contributed by atoms with Crippen LogP contribution in [0.3, 0.4) is 0 Å². The number of aromatic nitrogens is 2. The van der Waals surface area contributed by atoms with Crippen molar-refractivity contribution in [3.05, 3.63) is 18.0 Å². The third kappa shape index (κ3) is 3.08. The number of aryl methyl sites for hydroxylation is 1. The first kappa shape index (κ1) is 12.1. The predicted molar refractivity (Wildman–Crippen MR) is 69.7 cm³/mol. The molecule has 1 unspecified atom stereocenters. The number of piperidine rings is 1. The van der Waals surface area contributed by atoms with Gasteiger partial charge in [-0.3, -0.25) is 9.58 Å². The van der Waals surface area contributed by atoms with Crippen LogP contribution in [-0.4, -0.2) is 32.6 Å². The molecule has 1 aromatic rings. The highest BCUT2D eigenvalue weighted by atomic mass is 79.9. The van der Waals surface area contributed by atoms with Crippen LogP contribution in [0, 0.1) is 0 Å². The molecule has 1 saturated heterocycles. The second kappa shape index (κ2) is 5.82. The van der Waals surface area contributed by atoms with E-state index in [9.17, 15) is 0 Å². The van der Waals surface area contributed by atoms with E-state index in [2.05, 4.69) is 32.1 Å². The Bertz CT molecular complexity index is 322. The Kier molecular flexibility index (Phi) is 4.41. The molecule has 0 N–H and O–H groups in total. The minimum atomic E-state index is 0.758. The zero-order valence-corrected chi connectivity index (χ0v) is 11.5. The van der Waals surface area contributed by atoms with Gasteiger partial charge in [0.1, 0.15) is 0 Å². The maximum Gasteiger partial charge on any atom is 0.0534 e. The molecule has 0 bridgehead atoms. The van der Waals surface area contributed by atoms with Crippen molar-refractivity contribution in [1.29, 1.82) is 0 Å². The smallest absolute Gasteiger partial charge is 0.0534 e. The second-order valence-corrected chi connectivity index (χ2v) is 5.41. The van der Waals surface area contributed by atoms with Gasteiger partial charge >= 0.3 is 0 Å². The molecule has 16 heavy (non-hydrogen) atoms. The van der Waals surface area contributed by atoms with Gasteiger partial charge in [0, 0.05) is 36.7 Å². The monoisotopic (exact) mass is 285 g/mol. The van der Waals surface area contributed by atoms with Crippen molar-refractivity contribution in [2.24, 2.45) is 7.05 Å². The van der Waals surface area contributed by atoms with Gasteiger partial charge in [0.05, 0.1) is 6.20 Å². The van der Waals surface area contributed by atoms with Gasteiger partial charge in [-0.05, 0) is 25.8 Å². The van der Waals surface area contributed by atoms with Gasteiger partial charge in [-0.2, -0.15) is 5.10 Å². The standard InChI is InChI=1S/C12H20BrN3/c1-15-9-11(8-14-15)10-16-7-3-2-4-12(16)5-6-13/h8-9,12H,2-7,10H2,1H3. The lowest BCUT2D eigenvalue weighted by Crippen LogP contribution is -2.39. The summed E-state index contributed by atoms with van der Waals surface area (Å²) in [5.74, 6) is 0. The van der Waals surface area contributed by atoms with E-state index < -0.39 is 0 Å². The van der Waals surface area contributed by atoms with Gasteiger partial charge in [0.25, 0.3) is 0 Å². The molecular formula is C12H20BrN3. The summed E-state index contributed by atoms with van der Waals surface area (Å²) in [6, 6.07) is 0.758. The third-order valence-electron chi connectivity index (χ3n) is 3.34. The minimum Gasteiger partial charge on any atom is -0.296 e. The molecule has 2 heterocycles. The van der Waals surface area contributed by atoms with Gasteiger partial charge in [0.2, 0.25) is 0 Å². The summed E-state index contributed by atoms with van der Waals surface area (Å²) >= 11 is 3.56. The van der Waals surface area contributed by atoms with Gasteiger partial charge < -0.3 is 0 Å². The van der Waals surface area contributed by atoms with Crippen molar-refractivity contribution in [2.75, 3.05) is 11.9 Å². The topological polar surface area (TPSA) is 21.1 Å². The van der Waals surface area contributed by atoms with Crippen LogP contribution in [0.1, 0.15) is 31.2 Å². The van der Waals surface area contributed by atoms with E-state index >= 15 is 0 Å². The van der Waals surface area contributed by atoms with Crippen molar-refractivity contribution in [1.82, 2.24) is 14.7 Å². The molecule has 1 atom stereocenters. The molecule has 4 heteroatoms. The number of rotatable bonds is 4. The fourth-order valence-corrected chi connectivity index (χ4v) is 3.04. The lowest BCUT2D eigenvalue weighted by atomic mass is 9.99. The summed E-state index contributed by atoms with van der Waals surface area (Å²) in [4.78, 5) is 2.61. The first-order valence-electron chi connectivity index (χ1n) is 6.07. The number of hydrogen-bond donors (Lipinski definition) is 0. The van der Waals surface area contributed by atoms with Crippen LogP contribution < -0.4 is 0 Å². The van der Waals surface area contributed by atoms with Crippen molar-refractivity contribution < 1.29 is 0 Å². The normalized spacial score (nSPS) is 22.5. The molecule has 90 valence electrons. The first-order valence-corrected chi connectivity index (χ1v) is 7.19. The third-order valence-corrected chi connectivity index (χ3v) is 3.79. The minimum absolute atomic E-state index is 0.758. The molecule has 0 aliphatic carbocycles. The molecular weight excluding hydrogens is 266 g/mol. The van der Waals surface area contributed by atoms with Crippen LogP contribution in [0.15, 0.2) is 12.4 Å². The van der Waals surface area contributed by atoms with E-state index in [4.69, 9.17) is 0 Å². The van der Waals surface area contributed by atoms with Crippen LogP contribution in [0.25, 0.3) is 0 Å². The van der Waals surface area contributed by atoms with Crippen molar-refractivity contribution >= 4 is 15.9 Å². The number of alkyl halides is 1. The lowest BCUT2D eigenvalue weighted by molar-refractivity contribution is 0.137. The van der Waals surface area contributed by atoms with Crippen LogP contribution in [0.5, 0.6) is 0 Å². The molecule has 0 amide bonds. The maximum absolute atomic E-state index is 4.23. The zero-order chi connectivity index (χ0) is 11.4. The molecule has 0 saturated carbocycles. The maximum atomic E-state index is 4.23. The van der Waals surface area contributed by atoms with Crippen LogP contribution in [0.2, 0.25) is 0 Å². The SMILES string of the molecule is Cn1cc(CN2CCCCC2CCBr)cn1. The van der Waals surface area contributed by atoms with Gasteiger partial charge in [-0.15, -0.1) is 0 Å². The van der Waals surface area contributed by atoms with Crippen molar-refractivity contribution in [3.8, 4) is 0 Å². The van der Waals surface area contributed by atoms with E-state index in [-0.39, 0.29) is 0 Å². The predicted octanol–water partition coefficient (Wildman–Crippen LogP) is 2.56. The Morgan fingerprint density at radius 2 is 2.38 bits per heavy atom. The molecule has 0 spiro atoms. The summed E-state index contributed by atoms with van der Waals surface area (Å²) < 4.78 is 1.89. The average molecular weight is 286 g/mol. The molecule has 1 fully saturated rings. The summed E-state index contributed by atoms with van der Waals surface area (Å²) in [6.45, 7) is 2.30. The molecule has 2 rings (SSSR count). The number of halogens is 1. The Morgan fingerprint density at radius 1 is 1.50 bits per heavy atom. The highest BCUT2D eigenvalue weighted by molar-refractivity contribution is 9.09. The largest absolute Gasteiger partial charge is 0.296 e. The summed E-state index contributed by atoms with van der Waals surface area (Å²) in [5, 5.41) is 5.35.